The van der Waals surface area contributed by atoms with E-state index in [0.29, 0.717) is 23.5 Å². The van der Waals surface area contributed by atoms with Crippen molar-refractivity contribution in [1.29, 1.82) is 0 Å². The van der Waals surface area contributed by atoms with E-state index >= 15 is 0 Å². The van der Waals surface area contributed by atoms with Gasteiger partial charge in [-0.25, -0.2) is 17.9 Å². The number of hydrogen-bond acceptors (Lipinski definition) is 6. The van der Waals surface area contributed by atoms with Crippen LogP contribution in [0.15, 0.2) is 34.8 Å². The summed E-state index contributed by atoms with van der Waals surface area (Å²) in [5.74, 6) is -0.643. The molecular formula is C17H18BrN3O5S. The molecule has 1 saturated heterocycles. The first-order valence-corrected chi connectivity index (χ1v) is 10.8. The minimum absolute atomic E-state index is 0.00442. The van der Waals surface area contributed by atoms with E-state index in [2.05, 4.69) is 26.3 Å². The van der Waals surface area contributed by atoms with Crippen molar-refractivity contribution >= 4 is 43.5 Å². The first-order valence-electron chi connectivity index (χ1n) is 8.22. The Balaban J connectivity index is 1.61. The zero-order chi connectivity index (χ0) is 19.6. The van der Waals surface area contributed by atoms with E-state index in [4.69, 9.17) is 4.74 Å². The molecule has 1 aromatic heterocycles. The van der Waals surface area contributed by atoms with Crippen molar-refractivity contribution < 1.29 is 22.7 Å². The van der Waals surface area contributed by atoms with E-state index < -0.39 is 28.3 Å². The van der Waals surface area contributed by atoms with Gasteiger partial charge in [-0.3, -0.25) is 4.79 Å². The van der Waals surface area contributed by atoms with Gasteiger partial charge in [0.05, 0.1) is 28.8 Å². The van der Waals surface area contributed by atoms with Crippen LogP contribution in [-0.2, 0) is 19.4 Å². The van der Waals surface area contributed by atoms with Crippen molar-refractivity contribution in [1.82, 2.24) is 9.78 Å². The van der Waals surface area contributed by atoms with Crippen LogP contribution in [0.1, 0.15) is 28.5 Å². The number of halogens is 1. The quantitative estimate of drug-likeness (QED) is 0.691. The number of nitrogens with one attached hydrogen (secondary N) is 1. The Hall–Kier alpha value is -2.20. The van der Waals surface area contributed by atoms with Crippen LogP contribution in [0.25, 0.3) is 0 Å². The Bertz CT molecular complexity index is 969. The van der Waals surface area contributed by atoms with E-state index in [9.17, 15) is 18.0 Å². The van der Waals surface area contributed by atoms with Gasteiger partial charge >= 0.3 is 5.97 Å². The number of nitrogens with zero attached hydrogens (tertiary/aromatic N) is 2. The Labute approximate surface area is 164 Å². The third-order valence-corrected chi connectivity index (χ3v) is 6.37. The molecule has 0 radical (unpaired) electrons. The highest BCUT2D eigenvalue weighted by molar-refractivity contribution is 9.10. The summed E-state index contributed by atoms with van der Waals surface area (Å²) >= 11 is 3.28. The molecule has 2 heterocycles. The van der Waals surface area contributed by atoms with Gasteiger partial charge in [0.1, 0.15) is 5.82 Å². The van der Waals surface area contributed by atoms with E-state index in [1.807, 2.05) is 0 Å². The van der Waals surface area contributed by atoms with Crippen molar-refractivity contribution in [2.45, 2.75) is 19.4 Å². The zero-order valence-corrected chi connectivity index (χ0v) is 16.9. The lowest BCUT2D eigenvalue weighted by Crippen LogP contribution is -2.24. The van der Waals surface area contributed by atoms with Crippen molar-refractivity contribution in [2.24, 2.45) is 0 Å². The molecule has 0 spiro atoms. The molecule has 1 amide bonds. The first kappa shape index (κ1) is 19.6. The molecule has 1 N–H and O–H groups in total. The number of sulfone groups is 1. The average Bonchev–Trinajstić information content (AvgIpc) is 3.15. The Morgan fingerprint density at radius 3 is 2.67 bits per heavy atom. The van der Waals surface area contributed by atoms with Crippen molar-refractivity contribution in [3.05, 3.63) is 46.1 Å². The molecule has 0 aliphatic carbocycles. The molecule has 1 atom stereocenters. The normalized spacial score (nSPS) is 18.2. The monoisotopic (exact) mass is 455 g/mol. The predicted octanol–water partition coefficient (Wildman–Crippen LogP) is 2.11. The van der Waals surface area contributed by atoms with Gasteiger partial charge in [-0.15, -0.1) is 0 Å². The summed E-state index contributed by atoms with van der Waals surface area (Å²) in [4.78, 5) is 24.1. The summed E-state index contributed by atoms with van der Waals surface area (Å²) in [5.41, 5.74) is 0.990. The number of aromatic nitrogens is 2. The fourth-order valence-electron chi connectivity index (χ4n) is 2.84. The SMILES string of the molecule is Cc1cc(NC(=O)COC(=O)c2ccc(Br)cc2)n(C2CCS(=O)(=O)C2)n1. The maximum Gasteiger partial charge on any atom is 0.338 e. The summed E-state index contributed by atoms with van der Waals surface area (Å²) < 4.78 is 30.8. The number of rotatable bonds is 5. The van der Waals surface area contributed by atoms with Crippen LogP contribution in [0.4, 0.5) is 5.82 Å². The van der Waals surface area contributed by atoms with Crippen molar-refractivity contribution in [3.63, 3.8) is 0 Å². The average molecular weight is 456 g/mol. The first-order chi connectivity index (χ1) is 12.7. The minimum Gasteiger partial charge on any atom is -0.452 e. The van der Waals surface area contributed by atoms with Crippen LogP contribution in [0, 0.1) is 6.92 Å². The smallest absolute Gasteiger partial charge is 0.338 e. The highest BCUT2D eigenvalue weighted by Crippen LogP contribution is 2.27. The number of esters is 1. The maximum absolute atomic E-state index is 12.2. The van der Waals surface area contributed by atoms with Crippen LogP contribution in [0.3, 0.4) is 0 Å². The second kappa shape index (κ2) is 7.81. The van der Waals surface area contributed by atoms with Crippen LogP contribution < -0.4 is 5.32 Å². The number of anilines is 1. The van der Waals surface area contributed by atoms with Crippen molar-refractivity contribution in [2.75, 3.05) is 23.4 Å². The van der Waals surface area contributed by atoms with Gasteiger partial charge in [0.25, 0.3) is 5.91 Å². The zero-order valence-electron chi connectivity index (χ0n) is 14.5. The number of carbonyl (C=O) groups is 2. The Morgan fingerprint density at radius 2 is 2.04 bits per heavy atom. The third kappa shape index (κ3) is 4.95. The molecule has 27 heavy (non-hydrogen) atoms. The van der Waals surface area contributed by atoms with Gasteiger partial charge < -0.3 is 10.1 Å². The van der Waals surface area contributed by atoms with E-state index in [0.717, 1.165) is 4.47 Å². The number of benzene rings is 1. The Kier molecular flexibility index (Phi) is 5.66. The molecule has 1 aliphatic heterocycles. The summed E-state index contributed by atoms with van der Waals surface area (Å²) in [6, 6.07) is 7.91. The fourth-order valence-corrected chi connectivity index (χ4v) is 4.79. The topological polar surface area (TPSA) is 107 Å². The molecule has 0 saturated carbocycles. The van der Waals surface area contributed by atoms with Gasteiger partial charge in [0, 0.05) is 10.5 Å². The molecule has 1 aliphatic rings. The summed E-state index contributed by atoms with van der Waals surface area (Å²) in [7, 11) is -3.08. The Morgan fingerprint density at radius 1 is 1.33 bits per heavy atom. The van der Waals surface area contributed by atoms with Gasteiger partial charge in [0.2, 0.25) is 0 Å². The van der Waals surface area contributed by atoms with Crippen LogP contribution >= 0.6 is 15.9 Å². The van der Waals surface area contributed by atoms with E-state index in [-0.39, 0.29) is 17.5 Å². The molecule has 10 heteroatoms. The van der Waals surface area contributed by atoms with Gasteiger partial charge in [-0.2, -0.15) is 5.10 Å². The molecular weight excluding hydrogens is 438 g/mol. The fraction of sp³-hybridized carbons (Fsp3) is 0.353. The lowest BCUT2D eigenvalue weighted by atomic mass is 10.2. The third-order valence-electron chi connectivity index (χ3n) is 4.09. The molecule has 8 nitrogen and oxygen atoms in total. The second-order valence-corrected chi connectivity index (χ2v) is 9.45. The highest BCUT2D eigenvalue weighted by atomic mass is 79.9. The number of ether oxygens (including phenoxy) is 1. The molecule has 2 aromatic rings. The van der Waals surface area contributed by atoms with Crippen LogP contribution in [-0.4, -0.2) is 48.2 Å². The van der Waals surface area contributed by atoms with Gasteiger partial charge in [-0.05, 0) is 37.6 Å². The highest BCUT2D eigenvalue weighted by Gasteiger charge is 2.31. The number of carbonyl (C=O) groups excluding carboxylic acids is 2. The van der Waals surface area contributed by atoms with Crippen LogP contribution in [0.2, 0.25) is 0 Å². The molecule has 3 rings (SSSR count). The number of hydrogen-bond donors (Lipinski definition) is 1. The predicted molar refractivity (Wildman–Crippen MR) is 102 cm³/mol. The number of aryl methyl sites for hydroxylation is 1. The summed E-state index contributed by atoms with van der Waals surface area (Å²) in [6.45, 7) is 1.30. The maximum atomic E-state index is 12.2. The van der Waals surface area contributed by atoms with Gasteiger partial charge in [0.15, 0.2) is 16.4 Å². The number of amides is 1. The second-order valence-electron chi connectivity index (χ2n) is 6.30. The summed E-state index contributed by atoms with van der Waals surface area (Å²) in [5, 5.41) is 6.92. The largest absolute Gasteiger partial charge is 0.452 e. The van der Waals surface area contributed by atoms with Crippen LogP contribution in [0.5, 0.6) is 0 Å². The standard InChI is InChI=1S/C17H18BrN3O5S/c1-11-8-15(21(20-11)14-6-7-27(24,25)10-14)19-16(22)9-26-17(23)12-2-4-13(18)5-3-12/h2-5,8,14H,6-7,9-10H2,1H3,(H,19,22). The molecule has 1 aromatic carbocycles. The lowest BCUT2D eigenvalue weighted by molar-refractivity contribution is -0.119. The summed E-state index contributed by atoms with van der Waals surface area (Å²) in [6.07, 6.45) is 0.449. The molecule has 1 unspecified atom stereocenters. The lowest BCUT2D eigenvalue weighted by Gasteiger charge is -2.13. The van der Waals surface area contributed by atoms with E-state index in [1.54, 1.807) is 37.3 Å². The molecule has 144 valence electrons. The van der Waals surface area contributed by atoms with E-state index in [1.165, 1.54) is 4.68 Å². The minimum atomic E-state index is -3.08. The van der Waals surface area contributed by atoms with Gasteiger partial charge in [-0.1, -0.05) is 15.9 Å². The molecule has 0 bridgehead atoms. The molecule has 1 fully saturated rings. The van der Waals surface area contributed by atoms with Crippen molar-refractivity contribution in [3.8, 4) is 0 Å².